The third-order valence-electron chi connectivity index (χ3n) is 2.00. The highest BCUT2D eigenvalue weighted by Gasteiger charge is 2.21. The van der Waals surface area contributed by atoms with Gasteiger partial charge in [0.15, 0.2) is 5.69 Å². The Kier molecular flexibility index (Phi) is 4.35. The Bertz CT molecular complexity index is 486. The van der Waals surface area contributed by atoms with Gasteiger partial charge in [-0.1, -0.05) is 0 Å². The Morgan fingerprint density at radius 3 is 2.76 bits per heavy atom. The quantitative estimate of drug-likeness (QED) is 0.618. The van der Waals surface area contributed by atoms with Gasteiger partial charge in [0, 0.05) is 5.56 Å². The second kappa shape index (κ2) is 5.55. The average molecular weight is 261 g/mol. The van der Waals surface area contributed by atoms with Gasteiger partial charge < -0.3 is 4.74 Å². The molecule has 1 heterocycles. The van der Waals surface area contributed by atoms with Gasteiger partial charge in [-0.05, 0) is 6.07 Å². The zero-order valence-electron chi connectivity index (χ0n) is 8.71. The summed E-state index contributed by atoms with van der Waals surface area (Å²) < 4.78 is 29.6. The van der Waals surface area contributed by atoms with Gasteiger partial charge in [-0.15, -0.1) is 11.6 Å². The molecule has 1 aromatic heterocycles. The van der Waals surface area contributed by atoms with E-state index in [-0.39, 0.29) is 22.8 Å². The number of alkyl halides is 3. The lowest BCUT2D eigenvalue weighted by Crippen LogP contribution is -2.11. The maximum Gasteiger partial charge on any atom is 0.358 e. The first-order chi connectivity index (χ1) is 8.04. The van der Waals surface area contributed by atoms with Crippen LogP contribution >= 0.6 is 11.6 Å². The van der Waals surface area contributed by atoms with Crippen molar-refractivity contribution in [3.8, 4) is 6.07 Å². The number of halogens is 3. The molecule has 0 spiro atoms. The van der Waals surface area contributed by atoms with E-state index in [1.807, 2.05) is 0 Å². The Labute approximate surface area is 101 Å². The van der Waals surface area contributed by atoms with E-state index >= 15 is 0 Å². The number of methoxy groups -OCH3 is 1. The van der Waals surface area contributed by atoms with Crippen LogP contribution in [0.25, 0.3) is 0 Å². The normalized spacial score (nSPS) is 10.1. The van der Waals surface area contributed by atoms with Gasteiger partial charge in [0.05, 0.1) is 24.2 Å². The summed E-state index contributed by atoms with van der Waals surface area (Å²) in [6, 6.07) is 2.52. The monoisotopic (exact) mass is 260 g/mol. The summed E-state index contributed by atoms with van der Waals surface area (Å²) in [5.41, 5.74) is -1.17. The van der Waals surface area contributed by atoms with Crippen LogP contribution in [-0.4, -0.2) is 18.1 Å². The van der Waals surface area contributed by atoms with E-state index in [1.165, 1.54) is 0 Å². The van der Waals surface area contributed by atoms with E-state index in [0.717, 1.165) is 13.2 Å². The van der Waals surface area contributed by atoms with Gasteiger partial charge in [0.25, 0.3) is 6.43 Å². The summed E-state index contributed by atoms with van der Waals surface area (Å²) in [7, 11) is 1.10. The van der Waals surface area contributed by atoms with Gasteiger partial charge in [0.1, 0.15) is 6.07 Å². The van der Waals surface area contributed by atoms with Gasteiger partial charge in [-0.25, -0.2) is 18.6 Å². The Morgan fingerprint density at radius 2 is 2.35 bits per heavy atom. The first-order valence-corrected chi connectivity index (χ1v) is 4.95. The lowest BCUT2D eigenvalue weighted by molar-refractivity contribution is 0.0592. The van der Waals surface area contributed by atoms with Gasteiger partial charge in [-0.3, -0.25) is 0 Å². The first-order valence-electron chi connectivity index (χ1n) is 4.41. The summed E-state index contributed by atoms with van der Waals surface area (Å²) >= 11 is 5.46. The van der Waals surface area contributed by atoms with Crippen LogP contribution in [0, 0.1) is 11.3 Å². The highest BCUT2D eigenvalue weighted by atomic mass is 35.5. The summed E-state index contributed by atoms with van der Waals surface area (Å²) in [6.07, 6.45) is -2.81. The molecule has 0 saturated carbocycles. The number of hydrogen-bond acceptors (Lipinski definition) is 4. The fourth-order valence-corrected chi connectivity index (χ4v) is 1.41. The molecule has 4 nitrogen and oxygen atoms in total. The summed E-state index contributed by atoms with van der Waals surface area (Å²) in [4.78, 5) is 14.9. The number of aromatic nitrogens is 1. The van der Waals surface area contributed by atoms with Crippen molar-refractivity contribution in [3.63, 3.8) is 0 Å². The van der Waals surface area contributed by atoms with Crippen molar-refractivity contribution in [2.75, 3.05) is 7.11 Å². The molecule has 90 valence electrons. The first kappa shape index (κ1) is 13.3. The Balaban J connectivity index is 3.44. The van der Waals surface area contributed by atoms with Crippen molar-refractivity contribution in [2.45, 2.75) is 12.3 Å². The van der Waals surface area contributed by atoms with Crippen LogP contribution in [0.1, 0.15) is 33.7 Å². The number of pyridine rings is 1. The molecule has 0 N–H and O–H groups in total. The minimum Gasteiger partial charge on any atom is -0.464 e. The third-order valence-corrected chi connectivity index (χ3v) is 2.25. The summed E-state index contributed by atoms with van der Waals surface area (Å²) in [5, 5.41) is 8.76. The Hall–Kier alpha value is -1.74. The molecular formula is C10H7ClF2N2O2. The van der Waals surface area contributed by atoms with Crippen LogP contribution in [0.5, 0.6) is 0 Å². The average Bonchev–Trinajstić information content (AvgIpc) is 2.35. The molecule has 1 rings (SSSR count). The number of hydrogen-bond donors (Lipinski definition) is 0. The Morgan fingerprint density at radius 1 is 1.71 bits per heavy atom. The molecule has 0 atom stereocenters. The molecule has 0 aliphatic carbocycles. The van der Waals surface area contributed by atoms with Crippen LogP contribution in [0.3, 0.4) is 0 Å². The van der Waals surface area contributed by atoms with E-state index in [0.29, 0.717) is 0 Å². The van der Waals surface area contributed by atoms with Crippen molar-refractivity contribution < 1.29 is 18.3 Å². The largest absolute Gasteiger partial charge is 0.464 e. The van der Waals surface area contributed by atoms with Crippen LogP contribution in [0.15, 0.2) is 6.07 Å². The summed E-state index contributed by atoms with van der Waals surface area (Å²) in [5.74, 6) is -1.15. The lowest BCUT2D eigenvalue weighted by atomic mass is 10.1. The molecule has 17 heavy (non-hydrogen) atoms. The standard InChI is InChI=1S/C10H7ClF2N2O2/c1-17-10(16)8-5(4-14)2-6(9(12)13)7(3-11)15-8/h2,9H,3H2,1H3. The molecule has 1 aromatic rings. The fraction of sp³-hybridized carbons (Fsp3) is 0.300. The van der Waals surface area contributed by atoms with E-state index < -0.39 is 18.0 Å². The van der Waals surface area contributed by atoms with Gasteiger partial charge >= 0.3 is 5.97 Å². The van der Waals surface area contributed by atoms with Crippen LogP contribution < -0.4 is 0 Å². The number of ether oxygens (including phenoxy) is 1. The molecule has 0 saturated heterocycles. The van der Waals surface area contributed by atoms with Crippen molar-refractivity contribution in [3.05, 3.63) is 28.6 Å². The highest BCUT2D eigenvalue weighted by Crippen LogP contribution is 2.25. The number of esters is 1. The molecule has 0 radical (unpaired) electrons. The maximum absolute atomic E-state index is 12.6. The number of carbonyl (C=O) groups is 1. The molecule has 0 fully saturated rings. The second-order valence-electron chi connectivity index (χ2n) is 2.96. The van der Waals surface area contributed by atoms with Crippen molar-refractivity contribution >= 4 is 17.6 Å². The molecule has 0 aliphatic rings. The van der Waals surface area contributed by atoms with E-state index in [1.54, 1.807) is 6.07 Å². The van der Waals surface area contributed by atoms with Crippen molar-refractivity contribution in [2.24, 2.45) is 0 Å². The number of nitriles is 1. The number of nitrogens with zero attached hydrogens (tertiary/aromatic N) is 2. The molecular weight excluding hydrogens is 254 g/mol. The molecule has 0 bridgehead atoms. The van der Waals surface area contributed by atoms with E-state index in [2.05, 4.69) is 9.72 Å². The van der Waals surface area contributed by atoms with E-state index in [9.17, 15) is 13.6 Å². The third kappa shape index (κ3) is 2.68. The van der Waals surface area contributed by atoms with E-state index in [4.69, 9.17) is 16.9 Å². The predicted molar refractivity (Wildman–Crippen MR) is 54.8 cm³/mol. The van der Waals surface area contributed by atoms with Crippen LogP contribution in [0.2, 0.25) is 0 Å². The minimum atomic E-state index is -2.81. The number of carbonyl (C=O) groups excluding carboxylic acids is 1. The predicted octanol–water partition coefficient (Wildman–Crippen LogP) is 2.42. The fourth-order valence-electron chi connectivity index (χ4n) is 1.20. The molecule has 0 aromatic carbocycles. The number of rotatable bonds is 3. The smallest absolute Gasteiger partial charge is 0.358 e. The van der Waals surface area contributed by atoms with Crippen LogP contribution in [-0.2, 0) is 10.6 Å². The van der Waals surface area contributed by atoms with Crippen molar-refractivity contribution in [1.82, 2.24) is 4.98 Å². The van der Waals surface area contributed by atoms with Gasteiger partial charge in [0.2, 0.25) is 0 Å². The zero-order chi connectivity index (χ0) is 13.0. The molecule has 0 unspecified atom stereocenters. The van der Waals surface area contributed by atoms with Crippen molar-refractivity contribution in [1.29, 1.82) is 5.26 Å². The van der Waals surface area contributed by atoms with Gasteiger partial charge in [-0.2, -0.15) is 5.26 Å². The molecule has 0 amide bonds. The van der Waals surface area contributed by atoms with Crippen LogP contribution in [0.4, 0.5) is 8.78 Å². The maximum atomic E-state index is 12.6. The molecule has 7 heteroatoms. The SMILES string of the molecule is COC(=O)c1nc(CCl)c(C(F)F)cc1C#N. The lowest BCUT2D eigenvalue weighted by Gasteiger charge is -2.08. The topological polar surface area (TPSA) is 63.0 Å². The zero-order valence-corrected chi connectivity index (χ0v) is 9.46. The minimum absolute atomic E-state index is 0.138. The highest BCUT2D eigenvalue weighted by molar-refractivity contribution is 6.17. The second-order valence-corrected chi connectivity index (χ2v) is 3.23. The summed E-state index contributed by atoms with van der Waals surface area (Å²) in [6.45, 7) is 0. The molecule has 0 aliphatic heterocycles.